The highest BCUT2D eigenvalue weighted by Gasteiger charge is 2.16. The summed E-state index contributed by atoms with van der Waals surface area (Å²) in [5, 5.41) is 9.80. The predicted molar refractivity (Wildman–Crippen MR) is 78.1 cm³/mol. The fraction of sp³-hybridized carbons (Fsp3) is 0.500. The van der Waals surface area contributed by atoms with Gasteiger partial charge in [0.15, 0.2) is 0 Å². The lowest BCUT2D eigenvalue weighted by molar-refractivity contribution is 0.111. The summed E-state index contributed by atoms with van der Waals surface area (Å²) in [7, 11) is 3.98. The van der Waals surface area contributed by atoms with Crippen LogP contribution in [0.3, 0.4) is 0 Å². The highest BCUT2D eigenvalue weighted by Crippen LogP contribution is 2.10. The number of benzene rings is 1. The zero-order valence-corrected chi connectivity index (χ0v) is 12.2. The molecular weight excluding hydrogens is 238 g/mol. The van der Waals surface area contributed by atoms with Crippen molar-refractivity contribution in [2.75, 3.05) is 20.7 Å². The Balaban J connectivity index is 2.37. The van der Waals surface area contributed by atoms with Crippen LogP contribution < -0.4 is 4.74 Å². The van der Waals surface area contributed by atoms with Crippen molar-refractivity contribution in [3.05, 3.63) is 30.3 Å². The molecule has 1 atom stereocenters. The zero-order chi connectivity index (χ0) is 14.3. The largest absolute Gasteiger partial charge is 0.491 e. The van der Waals surface area contributed by atoms with Gasteiger partial charge in [0.2, 0.25) is 0 Å². The van der Waals surface area contributed by atoms with Gasteiger partial charge in [-0.3, -0.25) is 4.90 Å². The van der Waals surface area contributed by atoms with Gasteiger partial charge in [0.25, 0.3) is 0 Å². The number of nitrogens with zero attached hydrogens (tertiary/aromatic N) is 1. The minimum Gasteiger partial charge on any atom is -0.491 e. The van der Waals surface area contributed by atoms with Gasteiger partial charge in [0.1, 0.15) is 12.4 Å². The van der Waals surface area contributed by atoms with Crippen molar-refractivity contribution < 1.29 is 9.84 Å². The molecule has 0 aliphatic heterocycles. The molecule has 1 aromatic rings. The van der Waals surface area contributed by atoms with E-state index in [0.29, 0.717) is 6.42 Å². The van der Waals surface area contributed by atoms with Gasteiger partial charge >= 0.3 is 0 Å². The minimum atomic E-state index is -0.564. The summed E-state index contributed by atoms with van der Waals surface area (Å²) >= 11 is 0. The van der Waals surface area contributed by atoms with Gasteiger partial charge in [-0.2, -0.15) is 0 Å². The van der Waals surface area contributed by atoms with Crippen LogP contribution in [0.5, 0.6) is 5.75 Å². The maximum atomic E-state index is 9.80. The molecule has 0 aromatic heterocycles. The molecule has 1 aromatic carbocycles. The van der Waals surface area contributed by atoms with Crippen molar-refractivity contribution >= 4 is 0 Å². The molecule has 0 fully saturated rings. The number of ether oxygens (including phenoxy) is 1. The van der Waals surface area contributed by atoms with Crippen LogP contribution >= 0.6 is 0 Å². The van der Waals surface area contributed by atoms with Crippen LogP contribution in [-0.2, 0) is 0 Å². The third kappa shape index (κ3) is 5.78. The highest BCUT2D eigenvalue weighted by atomic mass is 16.5. The second-order valence-electron chi connectivity index (χ2n) is 5.24. The Labute approximate surface area is 116 Å². The van der Waals surface area contributed by atoms with E-state index in [1.807, 2.05) is 63.2 Å². The lowest BCUT2D eigenvalue weighted by Gasteiger charge is -2.26. The molecule has 1 N–H and O–H groups in total. The van der Waals surface area contributed by atoms with E-state index in [1.165, 1.54) is 0 Å². The lowest BCUT2D eigenvalue weighted by Crippen LogP contribution is -2.36. The summed E-state index contributed by atoms with van der Waals surface area (Å²) in [6, 6.07) is 9.47. The number of hydrogen-bond donors (Lipinski definition) is 1. The van der Waals surface area contributed by atoms with Crippen LogP contribution in [0.2, 0.25) is 0 Å². The number of aliphatic hydroxyl groups excluding tert-OH is 1. The molecule has 0 heterocycles. The molecule has 0 radical (unpaired) electrons. The third-order valence-corrected chi connectivity index (χ3v) is 3.04. The average Bonchev–Trinajstić information content (AvgIpc) is 2.37. The maximum Gasteiger partial charge on any atom is 0.119 e. The van der Waals surface area contributed by atoms with E-state index in [4.69, 9.17) is 4.74 Å². The van der Waals surface area contributed by atoms with Crippen LogP contribution in [0.25, 0.3) is 0 Å². The van der Waals surface area contributed by atoms with Crippen molar-refractivity contribution in [3.63, 3.8) is 0 Å². The molecule has 0 saturated carbocycles. The molecule has 0 spiro atoms. The van der Waals surface area contributed by atoms with Gasteiger partial charge in [-0.05, 0) is 40.1 Å². The SMILES string of the molecule is CN(C)C(C)(C)C#CC[C@@H](O)COc1ccccc1. The smallest absolute Gasteiger partial charge is 0.119 e. The Bertz CT molecular complexity index is 429. The first-order chi connectivity index (χ1) is 8.92. The van der Waals surface area contributed by atoms with Gasteiger partial charge in [-0.25, -0.2) is 0 Å². The summed E-state index contributed by atoms with van der Waals surface area (Å²) < 4.78 is 5.47. The van der Waals surface area contributed by atoms with Crippen molar-refractivity contribution in [3.8, 4) is 17.6 Å². The lowest BCUT2D eigenvalue weighted by atomic mass is 10.0. The van der Waals surface area contributed by atoms with Crippen molar-refractivity contribution in [1.29, 1.82) is 0 Å². The van der Waals surface area contributed by atoms with E-state index in [0.717, 1.165) is 5.75 Å². The first-order valence-corrected chi connectivity index (χ1v) is 6.45. The molecular formula is C16H23NO2. The molecule has 0 bridgehead atoms. The minimum absolute atomic E-state index is 0.181. The quantitative estimate of drug-likeness (QED) is 0.825. The molecule has 3 nitrogen and oxygen atoms in total. The second kappa shape index (κ2) is 7.18. The van der Waals surface area contributed by atoms with Crippen molar-refractivity contribution in [2.24, 2.45) is 0 Å². The Kier molecular flexibility index (Phi) is 5.88. The van der Waals surface area contributed by atoms with E-state index in [1.54, 1.807) is 0 Å². The fourth-order valence-electron chi connectivity index (χ4n) is 1.27. The molecule has 1 rings (SSSR count). The van der Waals surface area contributed by atoms with E-state index in [9.17, 15) is 5.11 Å². The summed E-state index contributed by atoms with van der Waals surface area (Å²) in [6.45, 7) is 4.36. The molecule has 0 unspecified atom stereocenters. The normalized spacial score (nSPS) is 12.7. The molecule has 3 heteroatoms. The Morgan fingerprint density at radius 3 is 2.47 bits per heavy atom. The summed E-state index contributed by atoms with van der Waals surface area (Å²) in [6.07, 6.45) is -0.143. The number of hydrogen-bond acceptors (Lipinski definition) is 3. The van der Waals surface area contributed by atoms with Crippen LogP contribution in [0, 0.1) is 11.8 Å². The van der Waals surface area contributed by atoms with Gasteiger partial charge in [0.05, 0.1) is 11.6 Å². The highest BCUT2D eigenvalue weighted by molar-refractivity contribution is 5.21. The molecule has 0 aliphatic rings. The first kappa shape index (κ1) is 15.6. The maximum absolute atomic E-state index is 9.80. The van der Waals surface area contributed by atoms with Gasteiger partial charge < -0.3 is 9.84 Å². The molecule has 0 amide bonds. The first-order valence-electron chi connectivity index (χ1n) is 6.45. The van der Waals surface area contributed by atoms with E-state index < -0.39 is 6.10 Å². The van der Waals surface area contributed by atoms with E-state index in [2.05, 4.69) is 11.8 Å². The Hall–Kier alpha value is -1.50. The van der Waals surface area contributed by atoms with Crippen LogP contribution in [0.1, 0.15) is 20.3 Å². The molecule has 0 aliphatic carbocycles. The Morgan fingerprint density at radius 2 is 1.89 bits per heavy atom. The summed E-state index contributed by atoms with van der Waals surface area (Å²) in [5.41, 5.74) is -0.181. The summed E-state index contributed by atoms with van der Waals surface area (Å²) in [5.74, 6) is 6.94. The predicted octanol–water partition coefficient (Wildman–Crippen LogP) is 2.16. The molecule has 0 saturated heterocycles. The van der Waals surface area contributed by atoms with Gasteiger partial charge in [-0.15, -0.1) is 0 Å². The standard InChI is InChI=1S/C16H23NO2/c1-16(2,17(3)4)12-8-9-14(18)13-19-15-10-6-5-7-11-15/h5-7,10-11,14,18H,9,13H2,1-4H3/t14-/m1/s1. The average molecular weight is 261 g/mol. The van der Waals surface area contributed by atoms with Crippen LogP contribution in [0.15, 0.2) is 30.3 Å². The van der Waals surface area contributed by atoms with Crippen LogP contribution in [-0.4, -0.2) is 42.4 Å². The topological polar surface area (TPSA) is 32.7 Å². The number of aliphatic hydroxyl groups is 1. The second-order valence-corrected chi connectivity index (χ2v) is 5.24. The zero-order valence-electron chi connectivity index (χ0n) is 12.2. The van der Waals surface area contributed by atoms with Gasteiger partial charge in [0, 0.05) is 6.42 Å². The van der Waals surface area contributed by atoms with Crippen molar-refractivity contribution in [1.82, 2.24) is 4.90 Å². The summed E-state index contributed by atoms with van der Waals surface area (Å²) in [4.78, 5) is 2.05. The van der Waals surface area contributed by atoms with E-state index >= 15 is 0 Å². The number of rotatable bonds is 5. The van der Waals surface area contributed by atoms with E-state index in [-0.39, 0.29) is 12.1 Å². The van der Waals surface area contributed by atoms with Crippen LogP contribution in [0.4, 0.5) is 0 Å². The fourth-order valence-corrected chi connectivity index (χ4v) is 1.27. The monoisotopic (exact) mass is 261 g/mol. The number of para-hydroxylation sites is 1. The molecule has 19 heavy (non-hydrogen) atoms. The molecule has 104 valence electrons. The third-order valence-electron chi connectivity index (χ3n) is 3.04. The Morgan fingerprint density at radius 1 is 1.26 bits per heavy atom. The van der Waals surface area contributed by atoms with Gasteiger partial charge in [-0.1, -0.05) is 30.0 Å². The van der Waals surface area contributed by atoms with Crippen molar-refractivity contribution in [2.45, 2.75) is 31.9 Å².